The molecular weight excluding hydrogens is 272 g/mol. The van der Waals surface area contributed by atoms with Gasteiger partial charge in [0, 0.05) is 6.54 Å². The number of anilines is 1. The Morgan fingerprint density at radius 1 is 1.35 bits per heavy atom. The quantitative estimate of drug-likeness (QED) is 0.651. The molecule has 7 heteroatoms. The summed E-state index contributed by atoms with van der Waals surface area (Å²) in [5, 5.41) is 3.36. The predicted molar refractivity (Wildman–Crippen MR) is 78.5 cm³/mol. The van der Waals surface area contributed by atoms with E-state index in [1.807, 2.05) is 18.0 Å². The lowest BCUT2D eigenvalue weighted by atomic mass is 10.4. The summed E-state index contributed by atoms with van der Waals surface area (Å²) >= 11 is 5.15. The Hall–Kier alpha value is -0.530. The Morgan fingerprint density at radius 2 is 2.24 bits per heavy atom. The minimum atomic E-state index is 0.793. The first kappa shape index (κ1) is 12.9. The number of thioether (sulfide) groups is 2. The molecule has 2 rings (SSSR count). The monoisotopic (exact) mass is 286 g/mol. The van der Waals surface area contributed by atoms with E-state index in [4.69, 9.17) is 0 Å². The summed E-state index contributed by atoms with van der Waals surface area (Å²) in [5.41, 5.74) is 0.793. The van der Waals surface area contributed by atoms with Gasteiger partial charge in [0.25, 0.3) is 0 Å². The van der Waals surface area contributed by atoms with Crippen molar-refractivity contribution < 1.29 is 0 Å². The molecule has 0 spiro atoms. The van der Waals surface area contributed by atoms with E-state index in [1.54, 1.807) is 29.4 Å². The molecule has 0 atom stereocenters. The van der Waals surface area contributed by atoms with Crippen molar-refractivity contribution in [2.75, 3.05) is 30.1 Å². The first-order valence-electron chi connectivity index (χ1n) is 5.23. The molecule has 0 unspecified atom stereocenters. The van der Waals surface area contributed by atoms with E-state index in [2.05, 4.69) is 26.5 Å². The van der Waals surface area contributed by atoms with Crippen LogP contribution in [-0.4, -0.2) is 39.8 Å². The van der Waals surface area contributed by atoms with Crippen LogP contribution < -0.4 is 5.32 Å². The number of aromatic nitrogens is 3. The van der Waals surface area contributed by atoms with Crippen molar-refractivity contribution in [3.63, 3.8) is 0 Å². The van der Waals surface area contributed by atoms with Gasteiger partial charge in [-0.1, -0.05) is 11.8 Å². The van der Waals surface area contributed by atoms with Crippen molar-refractivity contribution in [3.8, 4) is 0 Å². The molecule has 0 saturated carbocycles. The zero-order valence-electron chi connectivity index (χ0n) is 9.77. The fourth-order valence-corrected chi connectivity index (χ4v) is 3.28. The summed E-state index contributed by atoms with van der Waals surface area (Å²) in [6.07, 6.45) is 6.86. The number of hydrogen-bond acceptors (Lipinski definition) is 7. The van der Waals surface area contributed by atoms with Crippen LogP contribution in [-0.2, 0) is 0 Å². The number of thiazole rings is 1. The van der Waals surface area contributed by atoms with E-state index in [9.17, 15) is 0 Å². The second kappa shape index (κ2) is 6.42. The van der Waals surface area contributed by atoms with Gasteiger partial charge in [-0.25, -0.2) is 15.0 Å². The second-order valence-electron chi connectivity index (χ2n) is 3.33. The van der Waals surface area contributed by atoms with E-state index in [0.717, 1.165) is 33.5 Å². The van der Waals surface area contributed by atoms with Crippen molar-refractivity contribution in [2.45, 2.75) is 10.8 Å². The Kier molecular flexibility index (Phi) is 4.87. The number of fused-ring (bicyclic) bond motifs is 1. The van der Waals surface area contributed by atoms with Crippen LogP contribution in [0.2, 0.25) is 0 Å². The number of nitrogens with zero attached hydrogens (tertiary/aromatic N) is 3. The third-order valence-electron chi connectivity index (χ3n) is 2.16. The first-order valence-corrected chi connectivity index (χ1v) is 8.67. The summed E-state index contributed by atoms with van der Waals surface area (Å²) in [4.78, 5) is 12.9. The highest BCUT2D eigenvalue weighted by Gasteiger charge is 2.09. The molecule has 0 aliphatic rings. The molecule has 0 amide bonds. The summed E-state index contributed by atoms with van der Waals surface area (Å²) < 4.78 is 2.09. The van der Waals surface area contributed by atoms with Gasteiger partial charge >= 0.3 is 0 Å². The minimum absolute atomic E-state index is 0.793. The Bertz CT molecular complexity index is 485. The van der Waals surface area contributed by atoms with Gasteiger partial charge < -0.3 is 5.32 Å². The van der Waals surface area contributed by atoms with Crippen LogP contribution in [0, 0.1) is 0 Å². The van der Waals surface area contributed by atoms with Gasteiger partial charge in [0.05, 0.1) is 0 Å². The average Bonchev–Trinajstić information content (AvgIpc) is 2.78. The molecule has 0 aromatic carbocycles. The molecule has 0 saturated heterocycles. The summed E-state index contributed by atoms with van der Waals surface area (Å²) in [7, 11) is 0. The lowest BCUT2D eigenvalue weighted by molar-refractivity contribution is 0.982. The highest BCUT2D eigenvalue weighted by molar-refractivity contribution is 8.00. The van der Waals surface area contributed by atoms with Crippen molar-refractivity contribution in [1.29, 1.82) is 0 Å². The van der Waals surface area contributed by atoms with Crippen LogP contribution >= 0.6 is 34.9 Å². The SMILES string of the molecule is CSCCCNc1ncnc2nc(SC)sc12. The Labute approximate surface area is 113 Å². The van der Waals surface area contributed by atoms with E-state index in [1.165, 1.54) is 5.75 Å². The van der Waals surface area contributed by atoms with Crippen LogP contribution in [0.25, 0.3) is 10.3 Å². The van der Waals surface area contributed by atoms with Crippen LogP contribution in [0.3, 0.4) is 0 Å². The van der Waals surface area contributed by atoms with Gasteiger partial charge in [-0.2, -0.15) is 11.8 Å². The Morgan fingerprint density at radius 3 is 3.00 bits per heavy atom. The highest BCUT2D eigenvalue weighted by Crippen LogP contribution is 2.30. The molecule has 0 fully saturated rings. The molecule has 0 aliphatic carbocycles. The van der Waals surface area contributed by atoms with Gasteiger partial charge in [0.15, 0.2) is 9.99 Å². The fourth-order valence-electron chi connectivity index (χ4n) is 1.37. The zero-order chi connectivity index (χ0) is 12.1. The molecular formula is C10H14N4S3. The molecule has 92 valence electrons. The molecule has 1 N–H and O–H groups in total. The summed E-state index contributed by atoms with van der Waals surface area (Å²) in [5.74, 6) is 2.08. The maximum absolute atomic E-state index is 4.42. The number of rotatable bonds is 6. The Balaban J connectivity index is 2.13. The molecule has 2 heterocycles. The summed E-state index contributed by atoms with van der Waals surface area (Å²) in [6, 6.07) is 0. The molecule has 4 nitrogen and oxygen atoms in total. The molecule has 2 aromatic rings. The lowest BCUT2D eigenvalue weighted by Crippen LogP contribution is -2.04. The smallest absolute Gasteiger partial charge is 0.176 e. The largest absolute Gasteiger partial charge is 0.369 e. The third-order valence-corrected chi connectivity index (χ3v) is 4.90. The summed E-state index contributed by atoms with van der Waals surface area (Å²) in [6.45, 7) is 0.944. The number of nitrogens with one attached hydrogen (secondary N) is 1. The molecule has 0 aliphatic heterocycles. The maximum Gasteiger partial charge on any atom is 0.176 e. The molecule has 0 radical (unpaired) electrons. The topological polar surface area (TPSA) is 50.7 Å². The first-order chi connectivity index (χ1) is 8.35. The zero-order valence-corrected chi connectivity index (χ0v) is 12.2. The van der Waals surface area contributed by atoms with Gasteiger partial charge in [0.2, 0.25) is 0 Å². The second-order valence-corrected chi connectivity index (χ2v) is 6.37. The standard InChI is InChI=1S/C10H14N4S3/c1-15-5-3-4-11-8-7-9(13-6-12-8)14-10(16-2)17-7/h6H,3-5H2,1-2H3,(H,11,12,13). The average molecular weight is 286 g/mol. The van der Waals surface area contributed by atoms with Crippen molar-refractivity contribution in [2.24, 2.45) is 0 Å². The van der Waals surface area contributed by atoms with Crippen LogP contribution in [0.5, 0.6) is 0 Å². The van der Waals surface area contributed by atoms with Gasteiger partial charge in [0.1, 0.15) is 16.8 Å². The normalized spacial score (nSPS) is 10.9. The molecule has 0 bridgehead atoms. The van der Waals surface area contributed by atoms with E-state index in [-0.39, 0.29) is 0 Å². The van der Waals surface area contributed by atoms with Crippen LogP contribution in [0.15, 0.2) is 10.7 Å². The van der Waals surface area contributed by atoms with Gasteiger partial charge in [-0.05, 0) is 24.7 Å². The van der Waals surface area contributed by atoms with Crippen molar-refractivity contribution >= 4 is 51.0 Å². The minimum Gasteiger partial charge on any atom is -0.369 e. The number of hydrogen-bond donors (Lipinski definition) is 1. The van der Waals surface area contributed by atoms with Crippen molar-refractivity contribution in [3.05, 3.63) is 6.33 Å². The van der Waals surface area contributed by atoms with Crippen molar-refractivity contribution in [1.82, 2.24) is 15.0 Å². The van der Waals surface area contributed by atoms with Crippen LogP contribution in [0.4, 0.5) is 5.82 Å². The maximum atomic E-state index is 4.42. The molecule has 17 heavy (non-hydrogen) atoms. The van der Waals surface area contributed by atoms with Crippen LogP contribution in [0.1, 0.15) is 6.42 Å². The fraction of sp³-hybridized carbons (Fsp3) is 0.500. The third kappa shape index (κ3) is 3.23. The van der Waals surface area contributed by atoms with E-state index >= 15 is 0 Å². The predicted octanol–water partition coefficient (Wildman–Crippen LogP) is 2.97. The van der Waals surface area contributed by atoms with Gasteiger partial charge in [-0.15, -0.1) is 11.3 Å². The van der Waals surface area contributed by atoms with E-state index < -0.39 is 0 Å². The van der Waals surface area contributed by atoms with Gasteiger partial charge in [-0.3, -0.25) is 0 Å². The molecule has 2 aromatic heterocycles. The highest BCUT2D eigenvalue weighted by atomic mass is 32.2. The van der Waals surface area contributed by atoms with E-state index in [0.29, 0.717) is 0 Å². The lowest BCUT2D eigenvalue weighted by Gasteiger charge is -2.04.